The van der Waals surface area contributed by atoms with Crippen molar-refractivity contribution in [2.75, 3.05) is 31.6 Å². The summed E-state index contributed by atoms with van der Waals surface area (Å²) in [6.45, 7) is 1.03. The average molecular weight is 371 g/mol. The summed E-state index contributed by atoms with van der Waals surface area (Å²) in [7, 11) is 0. The molecule has 0 aliphatic rings. The lowest BCUT2D eigenvalue weighted by Gasteiger charge is -2.04. The molecule has 0 atom stereocenters. The van der Waals surface area contributed by atoms with Crippen LogP contribution in [-0.4, -0.2) is 51.1 Å². The molecule has 0 spiro atoms. The lowest BCUT2D eigenvalue weighted by atomic mass is 10.2. The Bertz CT molecular complexity index is 947. The first-order valence-corrected chi connectivity index (χ1v) is 9.08. The molecule has 0 aliphatic carbocycles. The maximum absolute atomic E-state index is 8.91. The minimum absolute atomic E-state index is 0.0762. The van der Waals surface area contributed by atoms with E-state index in [2.05, 4.69) is 33.6 Å². The van der Waals surface area contributed by atoms with E-state index in [9.17, 15) is 0 Å². The van der Waals surface area contributed by atoms with Crippen LogP contribution in [0, 0.1) is 0 Å². The summed E-state index contributed by atoms with van der Waals surface area (Å²) in [5.41, 5.74) is 6.56. The van der Waals surface area contributed by atoms with E-state index in [1.807, 2.05) is 35.0 Å². The Morgan fingerprint density at radius 1 is 1.12 bits per heavy atom. The molecule has 0 amide bonds. The van der Waals surface area contributed by atoms with E-state index in [1.165, 1.54) is 10.1 Å². The molecule has 26 heavy (non-hydrogen) atoms. The maximum atomic E-state index is 8.91. The quantitative estimate of drug-likeness (QED) is 0.427. The summed E-state index contributed by atoms with van der Waals surface area (Å²) in [5.74, 6) is 0.724. The smallest absolute Gasteiger partial charge is 0.154 e. The first kappa shape index (κ1) is 18.3. The number of rotatable bonds is 5. The predicted octanol–water partition coefficient (Wildman–Crippen LogP) is 1.95. The molecule has 0 radical (unpaired) electrons. The number of nitrogens with zero attached hydrogens (tertiary/aromatic N) is 3. The normalized spacial score (nSPS) is 10.7. The predicted molar refractivity (Wildman–Crippen MR) is 106 cm³/mol. The van der Waals surface area contributed by atoms with Gasteiger partial charge in [0.2, 0.25) is 0 Å². The summed E-state index contributed by atoms with van der Waals surface area (Å²) in [4.78, 5) is 5.56. The van der Waals surface area contributed by atoms with Crippen LogP contribution in [0.25, 0.3) is 26.3 Å². The number of nitrogens with one attached hydrogen (secondary N) is 1. The summed E-state index contributed by atoms with van der Waals surface area (Å²) in [5, 5.41) is 25.5. The zero-order chi connectivity index (χ0) is 18.4. The number of aliphatic hydroxyl groups is 2. The van der Waals surface area contributed by atoms with Crippen LogP contribution in [0.1, 0.15) is 0 Å². The average Bonchev–Trinajstić information content (AvgIpc) is 3.29. The fraction of sp³-hybridized carbons (Fsp3) is 0.222. The number of benzene rings is 1. The largest absolute Gasteiger partial charge is 0.395 e. The van der Waals surface area contributed by atoms with Gasteiger partial charge in [-0.3, -0.25) is 0 Å². The highest BCUT2D eigenvalue weighted by Crippen LogP contribution is 2.33. The van der Waals surface area contributed by atoms with Crippen molar-refractivity contribution in [3.8, 4) is 10.6 Å². The van der Waals surface area contributed by atoms with Crippen LogP contribution in [0.4, 0.5) is 5.82 Å². The van der Waals surface area contributed by atoms with E-state index in [4.69, 9.17) is 15.9 Å². The van der Waals surface area contributed by atoms with Crippen molar-refractivity contribution in [2.45, 2.75) is 0 Å². The van der Waals surface area contributed by atoms with Gasteiger partial charge in [-0.2, -0.15) is 0 Å². The highest BCUT2D eigenvalue weighted by atomic mass is 32.1. The molecule has 8 heteroatoms. The highest BCUT2D eigenvalue weighted by molar-refractivity contribution is 7.22. The summed E-state index contributed by atoms with van der Waals surface area (Å²) in [6, 6.07) is 14.3. The molecule has 0 aliphatic heterocycles. The first-order valence-electron chi connectivity index (χ1n) is 8.26. The maximum Gasteiger partial charge on any atom is 0.154 e. The Balaban J connectivity index is 0.000000447. The summed E-state index contributed by atoms with van der Waals surface area (Å²) < 4.78 is 3.09. The van der Waals surface area contributed by atoms with Crippen LogP contribution in [0.5, 0.6) is 0 Å². The number of imidazole rings is 1. The van der Waals surface area contributed by atoms with Crippen molar-refractivity contribution in [1.29, 1.82) is 0 Å². The van der Waals surface area contributed by atoms with Crippen molar-refractivity contribution in [2.24, 2.45) is 5.73 Å². The number of anilines is 1. The summed E-state index contributed by atoms with van der Waals surface area (Å²) in [6.07, 6.45) is 1.85. The zero-order valence-corrected chi connectivity index (χ0v) is 15.0. The van der Waals surface area contributed by atoms with E-state index in [-0.39, 0.29) is 13.2 Å². The van der Waals surface area contributed by atoms with Crippen molar-refractivity contribution < 1.29 is 10.2 Å². The number of thiophene rings is 1. The summed E-state index contributed by atoms with van der Waals surface area (Å²) >= 11 is 1.73. The number of fused-ring (bicyclic) bond motifs is 2. The molecule has 4 rings (SSSR count). The number of hydrogen-bond acceptors (Lipinski definition) is 7. The van der Waals surface area contributed by atoms with Crippen LogP contribution in [0.3, 0.4) is 0 Å². The molecule has 5 N–H and O–H groups in total. The molecule has 0 saturated carbocycles. The third kappa shape index (κ3) is 4.00. The van der Waals surface area contributed by atoms with Gasteiger partial charge in [-0.15, -0.1) is 16.4 Å². The molecular weight excluding hydrogens is 350 g/mol. The van der Waals surface area contributed by atoms with Crippen molar-refractivity contribution >= 4 is 32.9 Å². The molecular formula is C18H21N5O2S. The van der Waals surface area contributed by atoms with E-state index in [0.717, 1.165) is 22.0 Å². The van der Waals surface area contributed by atoms with Crippen molar-refractivity contribution in [3.05, 3.63) is 48.7 Å². The highest BCUT2D eigenvalue weighted by Gasteiger charge is 2.11. The fourth-order valence-corrected chi connectivity index (χ4v) is 3.49. The zero-order valence-electron chi connectivity index (χ0n) is 14.2. The van der Waals surface area contributed by atoms with Gasteiger partial charge < -0.3 is 21.3 Å². The molecule has 1 aromatic carbocycles. The molecule has 7 nitrogen and oxygen atoms in total. The molecule has 4 aromatic rings. The number of nitrogens with two attached hydrogens (primary N) is 1. The van der Waals surface area contributed by atoms with E-state index >= 15 is 0 Å². The van der Waals surface area contributed by atoms with Crippen LogP contribution in [0.15, 0.2) is 48.7 Å². The van der Waals surface area contributed by atoms with Gasteiger partial charge in [0.1, 0.15) is 11.5 Å². The standard InChI is InChI=1S/C16H14N4OS.C2H7NO/c21-8-7-17-15-5-6-16-18-10-12(20(16)19-15)14-9-11-3-1-2-4-13(11)22-14;3-1-2-4/h1-6,9-10,21H,7-8H2,(H,17,19);4H,1-3H2. The van der Waals surface area contributed by atoms with E-state index in [0.29, 0.717) is 13.1 Å². The number of aliphatic hydroxyl groups excluding tert-OH is 2. The molecule has 0 unspecified atom stereocenters. The van der Waals surface area contributed by atoms with Gasteiger partial charge in [-0.1, -0.05) is 18.2 Å². The lowest BCUT2D eigenvalue weighted by molar-refractivity contribution is 0.306. The molecule has 0 saturated heterocycles. The number of aromatic nitrogens is 3. The minimum Gasteiger partial charge on any atom is -0.395 e. The molecule has 0 fully saturated rings. The van der Waals surface area contributed by atoms with Gasteiger partial charge in [-0.05, 0) is 29.7 Å². The Kier molecular flexibility index (Phi) is 6.13. The number of hydrogen-bond donors (Lipinski definition) is 4. The van der Waals surface area contributed by atoms with Crippen LogP contribution < -0.4 is 11.1 Å². The first-order chi connectivity index (χ1) is 12.8. The third-order valence-electron chi connectivity index (χ3n) is 3.59. The Hall–Kier alpha value is -2.52. The van der Waals surface area contributed by atoms with Crippen LogP contribution in [-0.2, 0) is 0 Å². The molecule has 3 heterocycles. The minimum atomic E-state index is 0.0762. The molecule has 3 aromatic heterocycles. The van der Waals surface area contributed by atoms with Gasteiger partial charge in [0.25, 0.3) is 0 Å². The topological polar surface area (TPSA) is 109 Å². The SMILES string of the molecule is NCCO.OCCNc1ccc2ncc(-c3cc4ccccc4s3)n2n1. The second-order valence-electron chi connectivity index (χ2n) is 5.44. The van der Waals surface area contributed by atoms with Crippen LogP contribution in [0.2, 0.25) is 0 Å². The Morgan fingerprint density at radius 3 is 2.65 bits per heavy atom. The van der Waals surface area contributed by atoms with Gasteiger partial charge >= 0.3 is 0 Å². The van der Waals surface area contributed by atoms with Crippen molar-refractivity contribution in [3.63, 3.8) is 0 Å². The molecule has 136 valence electrons. The van der Waals surface area contributed by atoms with Crippen molar-refractivity contribution in [1.82, 2.24) is 14.6 Å². The van der Waals surface area contributed by atoms with Gasteiger partial charge in [-0.25, -0.2) is 9.50 Å². The fourth-order valence-electron chi connectivity index (χ4n) is 2.43. The Labute approximate surface area is 154 Å². The van der Waals surface area contributed by atoms with Gasteiger partial charge in [0.05, 0.1) is 24.3 Å². The van der Waals surface area contributed by atoms with E-state index in [1.54, 1.807) is 11.3 Å². The Morgan fingerprint density at radius 2 is 1.92 bits per heavy atom. The third-order valence-corrected chi connectivity index (χ3v) is 4.73. The monoisotopic (exact) mass is 371 g/mol. The second kappa shape index (κ2) is 8.72. The van der Waals surface area contributed by atoms with Gasteiger partial charge in [0.15, 0.2) is 5.65 Å². The van der Waals surface area contributed by atoms with Crippen LogP contribution >= 0.6 is 11.3 Å². The molecule has 0 bridgehead atoms. The second-order valence-corrected chi connectivity index (χ2v) is 6.53. The van der Waals surface area contributed by atoms with Gasteiger partial charge in [0, 0.05) is 17.8 Å². The lowest BCUT2D eigenvalue weighted by Crippen LogP contribution is -2.08. The van der Waals surface area contributed by atoms with E-state index < -0.39 is 0 Å².